The van der Waals surface area contributed by atoms with Crippen LogP contribution in [0.25, 0.3) is 22.2 Å². The van der Waals surface area contributed by atoms with Crippen LogP contribution in [-0.4, -0.2) is 61.6 Å². The van der Waals surface area contributed by atoms with Gasteiger partial charge in [-0.05, 0) is 74.4 Å². The minimum atomic E-state index is -4.07. The van der Waals surface area contributed by atoms with Gasteiger partial charge in [-0.25, -0.2) is 30.2 Å². The molecule has 7 rings (SSSR count). The van der Waals surface area contributed by atoms with E-state index in [4.69, 9.17) is 14.8 Å². The normalized spacial score (nSPS) is 15.4. The Kier molecular flexibility index (Phi) is 8.94. The summed E-state index contributed by atoms with van der Waals surface area (Å²) in [6.07, 6.45) is 4.36. The van der Waals surface area contributed by atoms with E-state index in [9.17, 15) is 21.2 Å². The largest absolute Gasteiger partial charge is 0.377 e. The molecule has 0 amide bonds. The molecule has 0 aliphatic carbocycles. The fourth-order valence-corrected chi connectivity index (χ4v) is 8.61. The van der Waals surface area contributed by atoms with Crippen molar-refractivity contribution in [2.45, 2.75) is 38.3 Å². The van der Waals surface area contributed by atoms with Gasteiger partial charge in [0.05, 0.1) is 54.0 Å². The highest BCUT2D eigenvalue weighted by Gasteiger charge is 2.30. The smallest absolute Gasteiger partial charge is 0.269 e. The van der Waals surface area contributed by atoms with Crippen LogP contribution in [0.15, 0.2) is 96.2 Å². The summed E-state index contributed by atoms with van der Waals surface area (Å²) >= 11 is 0. The molecule has 51 heavy (non-hydrogen) atoms. The molecular formula is C37H37FN6O5S2. The zero-order valence-corrected chi connectivity index (χ0v) is 30.2. The lowest BCUT2D eigenvalue weighted by Crippen LogP contribution is -2.40. The summed E-state index contributed by atoms with van der Waals surface area (Å²) in [6.45, 7) is 7.19. The Morgan fingerprint density at radius 1 is 0.961 bits per heavy atom. The number of benzene rings is 3. The van der Waals surface area contributed by atoms with Crippen LogP contribution in [0.2, 0.25) is 0 Å². The second kappa shape index (κ2) is 13.2. The first kappa shape index (κ1) is 34.4. The zero-order valence-electron chi connectivity index (χ0n) is 28.5. The van der Waals surface area contributed by atoms with Crippen LogP contribution in [0.5, 0.6) is 0 Å². The van der Waals surface area contributed by atoms with Gasteiger partial charge in [0.25, 0.3) is 10.0 Å². The number of fused-ring (bicyclic) bond motifs is 1. The summed E-state index contributed by atoms with van der Waals surface area (Å²) in [5.74, 6) is -0.340. The van der Waals surface area contributed by atoms with Gasteiger partial charge in [0.2, 0.25) is 10.0 Å². The number of morpholine rings is 1. The average molecular weight is 729 g/mol. The Bertz CT molecular complexity index is 2490. The number of rotatable bonds is 9. The number of para-hydroxylation sites is 2. The van der Waals surface area contributed by atoms with Gasteiger partial charge in [-0.3, -0.25) is 9.40 Å². The molecule has 1 N–H and O–H groups in total. The monoisotopic (exact) mass is 728 g/mol. The predicted octanol–water partition coefficient (Wildman–Crippen LogP) is 6.20. The Balaban J connectivity index is 1.40. The van der Waals surface area contributed by atoms with Crippen molar-refractivity contribution in [1.82, 2.24) is 18.7 Å². The van der Waals surface area contributed by atoms with Crippen LogP contribution in [-0.2, 0) is 31.3 Å². The van der Waals surface area contributed by atoms with Crippen molar-refractivity contribution in [1.29, 1.82) is 0 Å². The molecule has 6 aromatic rings. The number of halogens is 1. The predicted molar refractivity (Wildman–Crippen MR) is 196 cm³/mol. The van der Waals surface area contributed by atoms with E-state index in [0.717, 1.165) is 34.2 Å². The molecule has 264 valence electrons. The number of ether oxygens (including phenoxy) is 1. The van der Waals surface area contributed by atoms with Gasteiger partial charge >= 0.3 is 0 Å². The van der Waals surface area contributed by atoms with Gasteiger partial charge in [0.15, 0.2) is 5.65 Å². The number of nitrogens with one attached hydrogen (secondary N) is 1. The number of anilines is 2. The summed E-state index contributed by atoms with van der Waals surface area (Å²) in [5, 5.41) is 5.38. The van der Waals surface area contributed by atoms with Crippen LogP contribution >= 0.6 is 0 Å². The van der Waals surface area contributed by atoms with E-state index in [1.165, 1.54) is 16.1 Å². The maximum absolute atomic E-state index is 14.2. The third kappa shape index (κ3) is 6.74. The second-order valence-electron chi connectivity index (χ2n) is 12.8. The van der Waals surface area contributed by atoms with E-state index in [1.807, 2.05) is 45.0 Å². The lowest BCUT2D eigenvalue weighted by atomic mass is 10.00. The fraction of sp³-hybridized carbons (Fsp3) is 0.243. The molecule has 1 atom stereocenters. The van der Waals surface area contributed by atoms with Crippen molar-refractivity contribution in [3.63, 3.8) is 0 Å². The van der Waals surface area contributed by atoms with Crippen molar-refractivity contribution >= 4 is 42.5 Å². The molecule has 3 aromatic heterocycles. The fourth-order valence-electron chi connectivity index (χ4n) is 6.71. The molecule has 3 aromatic carbocycles. The molecule has 0 bridgehead atoms. The van der Waals surface area contributed by atoms with E-state index in [-0.39, 0.29) is 22.4 Å². The van der Waals surface area contributed by atoms with E-state index in [2.05, 4.69) is 9.62 Å². The molecule has 11 nitrogen and oxygen atoms in total. The Morgan fingerprint density at radius 2 is 1.73 bits per heavy atom. The molecule has 1 saturated heterocycles. The van der Waals surface area contributed by atoms with Gasteiger partial charge in [-0.1, -0.05) is 42.0 Å². The van der Waals surface area contributed by atoms with E-state index in [0.29, 0.717) is 54.3 Å². The van der Waals surface area contributed by atoms with E-state index >= 15 is 0 Å². The van der Waals surface area contributed by atoms with Crippen molar-refractivity contribution in [2.24, 2.45) is 0 Å². The first-order valence-corrected chi connectivity index (χ1v) is 19.7. The molecule has 1 aliphatic heterocycles. The van der Waals surface area contributed by atoms with Crippen LogP contribution in [0, 0.1) is 26.6 Å². The van der Waals surface area contributed by atoms with Gasteiger partial charge in [0.1, 0.15) is 5.82 Å². The SMILES string of the molecule is Cc1ccc(S(=O)(=O)n2cc(-c3c(C)nn(Cc4cccc(F)c4)c3C)c3cc(C4COCCN4c4ccccc4NS(C)(=O)=O)cnc32)cc1. The van der Waals surface area contributed by atoms with Crippen molar-refractivity contribution in [3.05, 3.63) is 125 Å². The highest BCUT2D eigenvalue weighted by Crippen LogP contribution is 2.40. The number of hydrogen-bond acceptors (Lipinski definition) is 8. The Labute approximate surface area is 296 Å². The first-order valence-electron chi connectivity index (χ1n) is 16.3. The summed E-state index contributed by atoms with van der Waals surface area (Å²) in [6, 6.07) is 21.7. The second-order valence-corrected chi connectivity index (χ2v) is 16.4. The molecule has 0 saturated carbocycles. The minimum absolute atomic E-state index is 0.125. The van der Waals surface area contributed by atoms with Crippen LogP contribution < -0.4 is 9.62 Å². The van der Waals surface area contributed by atoms with Crippen LogP contribution in [0.4, 0.5) is 15.8 Å². The lowest BCUT2D eigenvalue weighted by molar-refractivity contribution is 0.0942. The summed E-state index contributed by atoms with van der Waals surface area (Å²) in [4.78, 5) is 6.99. The molecular weight excluding hydrogens is 692 g/mol. The Morgan fingerprint density at radius 3 is 2.47 bits per heavy atom. The number of nitrogens with zero attached hydrogens (tertiary/aromatic N) is 5. The quantitative estimate of drug-likeness (QED) is 0.187. The zero-order chi connectivity index (χ0) is 36.1. The highest BCUT2D eigenvalue weighted by atomic mass is 32.2. The average Bonchev–Trinajstić information content (AvgIpc) is 3.60. The van der Waals surface area contributed by atoms with Gasteiger partial charge in [-0.2, -0.15) is 5.10 Å². The third-order valence-electron chi connectivity index (χ3n) is 9.11. The highest BCUT2D eigenvalue weighted by molar-refractivity contribution is 7.92. The summed E-state index contributed by atoms with van der Waals surface area (Å²) < 4.78 is 78.5. The third-order valence-corrected chi connectivity index (χ3v) is 11.4. The van der Waals surface area contributed by atoms with Gasteiger partial charge in [-0.15, -0.1) is 0 Å². The topological polar surface area (TPSA) is 128 Å². The molecule has 1 unspecified atom stereocenters. The maximum atomic E-state index is 14.2. The lowest BCUT2D eigenvalue weighted by Gasteiger charge is -2.38. The number of pyridine rings is 1. The van der Waals surface area contributed by atoms with Crippen LogP contribution in [0.3, 0.4) is 0 Å². The number of hydrogen-bond donors (Lipinski definition) is 1. The van der Waals surface area contributed by atoms with Crippen LogP contribution in [0.1, 0.15) is 34.1 Å². The number of sulfonamides is 1. The summed E-state index contributed by atoms with van der Waals surface area (Å²) in [5.41, 5.74) is 6.60. The minimum Gasteiger partial charge on any atom is -0.377 e. The molecule has 1 fully saturated rings. The first-order chi connectivity index (χ1) is 24.3. The van der Waals surface area contributed by atoms with Crippen molar-refractivity contribution < 1.29 is 26.0 Å². The molecule has 14 heteroatoms. The molecule has 0 spiro atoms. The number of aryl methyl sites for hydroxylation is 2. The van der Waals surface area contributed by atoms with Crippen molar-refractivity contribution in [2.75, 3.05) is 35.6 Å². The molecule has 1 aliphatic rings. The summed E-state index contributed by atoms with van der Waals surface area (Å²) in [7, 11) is -7.63. The van der Waals surface area contributed by atoms with Gasteiger partial charge in [0, 0.05) is 41.1 Å². The maximum Gasteiger partial charge on any atom is 0.269 e. The Hall–Kier alpha value is -5.05. The van der Waals surface area contributed by atoms with E-state index in [1.54, 1.807) is 59.5 Å². The standard InChI is InChI=1S/C37H37FN6O5S2/c1-24-12-14-30(15-13-24)51(47,48)44-22-32(36-25(2)40-43(26(36)3)21-27-8-7-9-29(38)18-27)31-19-28(20-39-37(31)44)35-23-49-17-16-42(35)34-11-6-5-10-33(34)41-50(4,45)46/h5-15,18-20,22,35,41H,16-17,21,23H2,1-4H3. The van der Waals surface area contributed by atoms with Crippen molar-refractivity contribution in [3.8, 4) is 11.1 Å². The molecule has 4 heterocycles. The van der Waals surface area contributed by atoms with E-state index < -0.39 is 20.0 Å². The molecule has 0 radical (unpaired) electrons. The van der Waals surface area contributed by atoms with Gasteiger partial charge < -0.3 is 9.64 Å². The number of aromatic nitrogens is 4.